The molecule has 2 nitrogen and oxygen atoms in total. The van der Waals surface area contributed by atoms with Crippen molar-refractivity contribution in [2.24, 2.45) is 0 Å². The molecule has 2 aromatic carbocycles. The van der Waals surface area contributed by atoms with Crippen molar-refractivity contribution in [3.63, 3.8) is 0 Å². The van der Waals surface area contributed by atoms with Crippen molar-refractivity contribution in [1.29, 1.82) is 5.26 Å². The van der Waals surface area contributed by atoms with E-state index in [1.54, 1.807) is 0 Å². The van der Waals surface area contributed by atoms with Crippen molar-refractivity contribution in [3.05, 3.63) is 65.2 Å². The molecule has 1 unspecified atom stereocenters. The maximum absolute atomic E-state index is 9.08. The third-order valence-electron chi connectivity index (χ3n) is 3.96. The van der Waals surface area contributed by atoms with Gasteiger partial charge in [0.1, 0.15) is 0 Å². The van der Waals surface area contributed by atoms with Crippen LogP contribution in [0.15, 0.2) is 48.5 Å². The van der Waals surface area contributed by atoms with E-state index in [1.807, 2.05) is 32.0 Å². The minimum Gasteiger partial charge on any atom is -0.368 e. The van der Waals surface area contributed by atoms with Crippen LogP contribution >= 0.6 is 0 Å². The average molecular weight is 308 g/mol. The SMILES string of the molecule is CC.CCCC(c1ccccc1C)N(C)c1cccc(C#N)c1. The van der Waals surface area contributed by atoms with Crippen molar-refractivity contribution in [1.82, 2.24) is 0 Å². The van der Waals surface area contributed by atoms with E-state index in [0.717, 1.165) is 18.5 Å². The number of hydrogen-bond donors (Lipinski definition) is 0. The van der Waals surface area contributed by atoms with E-state index in [1.165, 1.54) is 11.1 Å². The zero-order valence-electron chi connectivity index (χ0n) is 15.0. The molecule has 2 aromatic rings. The number of hydrogen-bond acceptors (Lipinski definition) is 2. The summed E-state index contributed by atoms with van der Waals surface area (Å²) in [5.74, 6) is 0. The Labute approximate surface area is 141 Å². The second-order valence-electron chi connectivity index (χ2n) is 5.43. The van der Waals surface area contributed by atoms with Gasteiger partial charge in [-0.1, -0.05) is 57.5 Å². The largest absolute Gasteiger partial charge is 0.368 e. The summed E-state index contributed by atoms with van der Waals surface area (Å²) in [6.45, 7) is 8.38. The first-order valence-electron chi connectivity index (χ1n) is 8.46. The first kappa shape index (κ1) is 18.8. The van der Waals surface area contributed by atoms with Crippen LogP contribution in [-0.4, -0.2) is 7.05 Å². The normalized spacial score (nSPS) is 11.0. The predicted molar refractivity (Wildman–Crippen MR) is 99.7 cm³/mol. The van der Waals surface area contributed by atoms with Crippen LogP contribution in [0.2, 0.25) is 0 Å². The first-order valence-corrected chi connectivity index (χ1v) is 8.46. The summed E-state index contributed by atoms with van der Waals surface area (Å²) >= 11 is 0. The molecule has 0 heterocycles. The van der Waals surface area contributed by atoms with Crippen LogP contribution in [0.4, 0.5) is 5.69 Å². The van der Waals surface area contributed by atoms with E-state index in [9.17, 15) is 0 Å². The molecule has 0 aromatic heterocycles. The van der Waals surface area contributed by atoms with Gasteiger partial charge >= 0.3 is 0 Å². The molecular weight excluding hydrogens is 280 g/mol. The van der Waals surface area contributed by atoms with Gasteiger partial charge < -0.3 is 4.90 Å². The fraction of sp³-hybridized carbons (Fsp3) is 0.381. The molecule has 2 heteroatoms. The lowest BCUT2D eigenvalue weighted by Gasteiger charge is -2.31. The van der Waals surface area contributed by atoms with E-state index < -0.39 is 0 Å². The van der Waals surface area contributed by atoms with Gasteiger partial charge in [0.25, 0.3) is 0 Å². The number of rotatable bonds is 5. The third-order valence-corrected chi connectivity index (χ3v) is 3.96. The summed E-state index contributed by atoms with van der Waals surface area (Å²) in [5.41, 5.74) is 4.48. The smallest absolute Gasteiger partial charge is 0.0992 e. The molecule has 0 saturated heterocycles. The fourth-order valence-electron chi connectivity index (χ4n) is 2.77. The van der Waals surface area contributed by atoms with Gasteiger partial charge in [-0.25, -0.2) is 0 Å². The Kier molecular flexibility index (Phi) is 7.91. The maximum Gasteiger partial charge on any atom is 0.0992 e. The van der Waals surface area contributed by atoms with Gasteiger partial charge in [-0.05, 0) is 42.7 Å². The average Bonchev–Trinajstić information content (AvgIpc) is 2.61. The van der Waals surface area contributed by atoms with Crippen LogP contribution in [0.25, 0.3) is 0 Å². The molecule has 0 amide bonds. The van der Waals surface area contributed by atoms with Crippen LogP contribution in [0.5, 0.6) is 0 Å². The highest BCUT2D eigenvalue weighted by molar-refractivity contribution is 5.53. The minimum absolute atomic E-state index is 0.338. The summed E-state index contributed by atoms with van der Waals surface area (Å²) in [4.78, 5) is 2.28. The van der Waals surface area contributed by atoms with E-state index in [0.29, 0.717) is 11.6 Å². The molecule has 0 spiro atoms. The quantitative estimate of drug-likeness (QED) is 0.690. The summed E-state index contributed by atoms with van der Waals surface area (Å²) in [5, 5.41) is 9.08. The van der Waals surface area contributed by atoms with Crippen molar-refractivity contribution in [2.45, 2.75) is 46.6 Å². The minimum atomic E-state index is 0.338. The lowest BCUT2D eigenvalue weighted by Crippen LogP contribution is -2.24. The molecule has 0 aliphatic heterocycles. The zero-order chi connectivity index (χ0) is 17.2. The molecule has 1 atom stereocenters. The lowest BCUT2D eigenvalue weighted by molar-refractivity contribution is 0.599. The Morgan fingerprint density at radius 3 is 2.39 bits per heavy atom. The van der Waals surface area contributed by atoms with Gasteiger partial charge in [0.15, 0.2) is 0 Å². The van der Waals surface area contributed by atoms with Crippen molar-refractivity contribution in [3.8, 4) is 6.07 Å². The number of aryl methyl sites for hydroxylation is 1. The maximum atomic E-state index is 9.08. The first-order chi connectivity index (χ1) is 11.2. The Bertz CT molecular complexity index is 640. The molecule has 0 aliphatic carbocycles. The highest BCUT2D eigenvalue weighted by Crippen LogP contribution is 2.31. The van der Waals surface area contributed by atoms with Gasteiger partial charge in [0.2, 0.25) is 0 Å². The van der Waals surface area contributed by atoms with Crippen molar-refractivity contribution >= 4 is 5.69 Å². The van der Waals surface area contributed by atoms with Gasteiger partial charge in [-0.15, -0.1) is 0 Å². The van der Waals surface area contributed by atoms with E-state index in [-0.39, 0.29) is 0 Å². The molecule has 0 fully saturated rings. The van der Waals surface area contributed by atoms with Gasteiger partial charge in [0.05, 0.1) is 17.7 Å². The lowest BCUT2D eigenvalue weighted by atomic mass is 9.96. The molecule has 0 radical (unpaired) electrons. The second kappa shape index (κ2) is 9.69. The Balaban J connectivity index is 0.00000127. The topological polar surface area (TPSA) is 27.0 Å². The van der Waals surface area contributed by atoms with Crippen molar-refractivity contribution < 1.29 is 0 Å². The summed E-state index contributed by atoms with van der Waals surface area (Å²) in [7, 11) is 2.11. The predicted octanol–water partition coefficient (Wildman–Crippen LogP) is 5.87. The molecular formula is C21H28N2. The molecule has 0 aliphatic rings. The molecule has 122 valence electrons. The monoisotopic (exact) mass is 308 g/mol. The standard InChI is InChI=1S/C19H22N2.C2H6/c1-4-8-19(18-12-6-5-9-15(18)2)21(3)17-11-7-10-16(13-17)14-20;1-2/h5-7,9-13,19H,4,8H2,1-3H3;1-2H3. The van der Waals surface area contributed by atoms with Gasteiger partial charge in [0, 0.05) is 12.7 Å². The fourth-order valence-corrected chi connectivity index (χ4v) is 2.77. The van der Waals surface area contributed by atoms with Crippen LogP contribution in [0.3, 0.4) is 0 Å². The van der Waals surface area contributed by atoms with Gasteiger partial charge in [-0.3, -0.25) is 0 Å². The van der Waals surface area contributed by atoms with E-state index in [2.05, 4.69) is 62.2 Å². The summed E-state index contributed by atoms with van der Waals surface area (Å²) < 4.78 is 0. The number of anilines is 1. The molecule has 0 bridgehead atoms. The molecule has 0 saturated carbocycles. The van der Waals surface area contributed by atoms with E-state index in [4.69, 9.17) is 5.26 Å². The summed E-state index contributed by atoms with van der Waals surface area (Å²) in [6.07, 6.45) is 2.22. The Morgan fingerprint density at radius 2 is 1.78 bits per heavy atom. The van der Waals surface area contributed by atoms with Crippen LogP contribution in [-0.2, 0) is 0 Å². The Morgan fingerprint density at radius 1 is 1.09 bits per heavy atom. The Hall–Kier alpha value is -2.27. The highest BCUT2D eigenvalue weighted by atomic mass is 15.1. The zero-order valence-corrected chi connectivity index (χ0v) is 15.0. The highest BCUT2D eigenvalue weighted by Gasteiger charge is 2.18. The molecule has 0 N–H and O–H groups in total. The van der Waals surface area contributed by atoms with Crippen molar-refractivity contribution in [2.75, 3.05) is 11.9 Å². The number of benzene rings is 2. The van der Waals surface area contributed by atoms with Crippen LogP contribution in [0.1, 0.15) is 56.3 Å². The molecule has 2 rings (SSSR count). The number of nitriles is 1. The van der Waals surface area contributed by atoms with E-state index >= 15 is 0 Å². The molecule has 23 heavy (non-hydrogen) atoms. The second-order valence-corrected chi connectivity index (χ2v) is 5.43. The third kappa shape index (κ3) is 4.86. The number of nitrogens with zero attached hydrogens (tertiary/aromatic N) is 2. The summed E-state index contributed by atoms with van der Waals surface area (Å²) in [6, 6.07) is 18.9. The van der Waals surface area contributed by atoms with Gasteiger partial charge in [-0.2, -0.15) is 5.26 Å². The van der Waals surface area contributed by atoms with Crippen LogP contribution < -0.4 is 4.90 Å². The van der Waals surface area contributed by atoms with Crippen LogP contribution in [0, 0.1) is 18.3 Å².